The largest absolute Gasteiger partial charge is 0.338 e. The summed E-state index contributed by atoms with van der Waals surface area (Å²) in [5.74, 6) is 1.56. The molecule has 2 saturated carbocycles. The lowest BCUT2D eigenvalue weighted by Gasteiger charge is -2.23. The molecule has 0 unspecified atom stereocenters. The van der Waals surface area contributed by atoms with Crippen LogP contribution in [0.15, 0.2) is 12.1 Å². The molecule has 0 N–H and O–H groups in total. The molecule has 102 valence electrons. The van der Waals surface area contributed by atoms with Crippen LogP contribution in [0.4, 0.5) is 0 Å². The number of nitrogens with zero attached hydrogens (tertiary/aromatic N) is 2. The fourth-order valence-corrected chi connectivity index (χ4v) is 2.65. The van der Waals surface area contributed by atoms with E-state index in [-0.39, 0.29) is 5.91 Å². The van der Waals surface area contributed by atoms with Gasteiger partial charge in [0.25, 0.3) is 5.91 Å². The normalized spacial score (nSPS) is 18.4. The number of halogens is 1. The first kappa shape index (κ1) is 12.9. The molecule has 4 heteroatoms. The van der Waals surface area contributed by atoms with Crippen LogP contribution in [0.25, 0.3) is 0 Å². The van der Waals surface area contributed by atoms with Crippen LogP contribution in [0.5, 0.6) is 0 Å². The quantitative estimate of drug-likeness (QED) is 0.774. The van der Waals surface area contributed by atoms with Crippen molar-refractivity contribution in [1.29, 1.82) is 0 Å². The van der Waals surface area contributed by atoms with Gasteiger partial charge in [0.05, 0.1) is 0 Å². The lowest BCUT2D eigenvalue weighted by Crippen LogP contribution is -2.34. The molecule has 1 aromatic rings. The summed E-state index contributed by atoms with van der Waals surface area (Å²) >= 11 is 5.95. The topological polar surface area (TPSA) is 33.2 Å². The van der Waals surface area contributed by atoms with Crippen molar-refractivity contribution < 1.29 is 4.79 Å². The average Bonchev–Trinajstić information content (AvgIpc) is 3.20. The van der Waals surface area contributed by atoms with Gasteiger partial charge in [-0.2, -0.15) is 0 Å². The van der Waals surface area contributed by atoms with E-state index in [0.717, 1.165) is 30.6 Å². The second-order valence-corrected chi connectivity index (χ2v) is 6.30. The number of hydrogen-bond donors (Lipinski definition) is 0. The van der Waals surface area contributed by atoms with Crippen molar-refractivity contribution in [3.63, 3.8) is 0 Å². The van der Waals surface area contributed by atoms with Crippen LogP contribution >= 0.6 is 11.6 Å². The molecular formula is C15H19ClN2O. The van der Waals surface area contributed by atoms with E-state index in [1.165, 1.54) is 25.7 Å². The van der Waals surface area contributed by atoms with E-state index in [2.05, 4.69) is 4.98 Å². The van der Waals surface area contributed by atoms with Crippen LogP contribution in [0.1, 0.15) is 41.7 Å². The highest BCUT2D eigenvalue weighted by atomic mass is 35.5. The second-order valence-electron chi connectivity index (χ2n) is 5.92. The maximum atomic E-state index is 12.6. The molecule has 0 atom stereocenters. The molecule has 0 aliphatic heterocycles. The smallest absolute Gasteiger partial charge is 0.254 e. The Morgan fingerprint density at radius 3 is 2.32 bits per heavy atom. The Bertz CT molecular complexity index is 461. The number of amides is 1. The first-order valence-electron chi connectivity index (χ1n) is 7.05. The van der Waals surface area contributed by atoms with Crippen molar-refractivity contribution in [1.82, 2.24) is 9.88 Å². The SMILES string of the molecule is Cc1cc(C(=O)N(CC2CC2)CC2CC2)cc(Cl)n1. The van der Waals surface area contributed by atoms with Gasteiger partial charge in [0.1, 0.15) is 5.15 Å². The van der Waals surface area contributed by atoms with Crippen molar-refractivity contribution >= 4 is 17.5 Å². The Labute approximate surface area is 119 Å². The molecule has 3 nitrogen and oxygen atoms in total. The number of carbonyl (C=O) groups is 1. The van der Waals surface area contributed by atoms with Gasteiger partial charge < -0.3 is 4.90 Å². The molecule has 1 heterocycles. The van der Waals surface area contributed by atoms with Crippen molar-refractivity contribution in [2.24, 2.45) is 11.8 Å². The van der Waals surface area contributed by atoms with Gasteiger partial charge >= 0.3 is 0 Å². The molecule has 2 fully saturated rings. The van der Waals surface area contributed by atoms with Crippen LogP contribution in [-0.2, 0) is 0 Å². The van der Waals surface area contributed by atoms with Gasteiger partial charge in [-0.15, -0.1) is 0 Å². The molecule has 0 aromatic carbocycles. The highest BCUT2D eigenvalue weighted by molar-refractivity contribution is 6.29. The molecule has 0 radical (unpaired) electrons. The van der Waals surface area contributed by atoms with Crippen molar-refractivity contribution in [3.05, 3.63) is 28.5 Å². The van der Waals surface area contributed by atoms with Gasteiger partial charge in [0, 0.05) is 24.3 Å². The van der Waals surface area contributed by atoms with E-state index >= 15 is 0 Å². The number of aryl methyl sites for hydroxylation is 1. The molecule has 3 rings (SSSR count). The summed E-state index contributed by atoms with van der Waals surface area (Å²) < 4.78 is 0. The summed E-state index contributed by atoms with van der Waals surface area (Å²) in [4.78, 5) is 18.8. The van der Waals surface area contributed by atoms with Crippen molar-refractivity contribution in [2.45, 2.75) is 32.6 Å². The summed E-state index contributed by atoms with van der Waals surface area (Å²) in [6.45, 7) is 3.69. The summed E-state index contributed by atoms with van der Waals surface area (Å²) in [5.41, 5.74) is 1.48. The number of rotatable bonds is 5. The van der Waals surface area contributed by atoms with Crippen molar-refractivity contribution in [2.75, 3.05) is 13.1 Å². The third-order valence-electron chi connectivity index (χ3n) is 3.81. The predicted molar refractivity (Wildman–Crippen MR) is 75.3 cm³/mol. The lowest BCUT2D eigenvalue weighted by atomic mass is 10.2. The molecule has 1 amide bonds. The Morgan fingerprint density at radius 1 is 1.26 bits per heavy atom. The van der Waals surface area contributed by atoms with Gasteiger partial charge in [-0.05, 0) is 56.6 Å². The molecule has 0 saturated heterocycles. The third kappa shape index (κ3) is 3.47. The lowest BCUT2D eigenvalue weighted by molar-refractivity contribution is 0.0739. The van der Waals surface area contributed by atoms with E-state index in [1.807, 2.05) is 17.9 Å². The molecule has 0 bridgehead atoms. The summed E-state index contributed by atoms with van der Waals surface area (Å²) in [5, 5.41) is 0.404. The van der Waals surface area contributed by atoms with Gasteiger partial charge in [-0.3, -0.25) is 4.79 Å². The molecule has 2 aliphatic rings. The fraction of sp³-hybridized carbons (Fsp3) is 0.600. The average molecular weight is 279 g/mol. The van der Waals surface area contributed by atoms with Crippen LogP contribution in [0.2, 0.25) is 5.15 Å². The molecular weight excluding hydrogens is 260 g/mol. The Balaban J connectivity index is 1.76. The van der Waals surface area contributed by atoms with Crippen LogP contribution < -0.4 is 0 Å². The zero-order chi connectivity index (χ0) is 13.4. The van der Waals surface area contributed by atoms with E-state index in [0.29, 0.717) is 10.7 Å². The summed E-state index contributed by atoms with van der Waals surface area (Å²) in [6.07, 6.45) is 5.07. The Kier molecular flexibility index (Phi) is 3.48. The number of aromatic nitrogens is 1. The zero-order valence-electron chi connectivity index (χ0n) is 11.2. The van der Waals surface area contributed by atoms with Crippen LogP contribution in [0, 0.1) is 18.8 Å². The number of hydrogen-bond acceptors (Lipinski definition) is 2. The minimum Gasteiger partial charge on any atom is -0.338 e. The molecule has 0 spiro atoms. The third-order valence-corrected chi connectivity index (χ3v) is 4.00. The first-order valence-corrected chi connectivity index (χ1v) is 7.43. The summed E-state index contributed by atoms with van der Waals surface area (Å²) in [7, 11) is 0. The van der Waals surface area contributed by atoms with Gasteiger partial charge in [0.15, 0.2) is 0 Å². The zero-order valence-corrected chi connectivity index (χ0v) is 12.0. The maximum absolute atomic E-state index is 12.6. The maximum Gasteiger partial charge on any atom is 0.254 e. The molecule has 1 aromatic heterocycles. The van der Waals surface area contributed by atoms with Crippen molar-refractivity contribution in [3.8, 4) is 0 Å². The highest BCUT2D eigenvalue weighted by Crippen LogP contribution is 2.34. The van der Waals surface area contributed by atoms with E-state index in [9.17, 15) is 4.79 Å². The minimum atomic E-state index is 0.117. The van der Waals surface area contributed by atoms with E-state index in [4.69, 9.17) is 11.6 Å². The van der Waals surface area contributed by atoms with Crippen LogP contribution in [0.3, 0.4) is 0 Å². The minimum absolute atomic E-state index is 0.117. The second kappa shape index (κ2) is 5.12. The number of carbonyl (C=O) groups excluding carboxylic acids is 1. The van der Waals surface area contributed by atoms with E-state index in [1.54, 1.807) is 6.07 Å². The monoisotopic (exact) mass is 278 g/mol. The standard InChI is InChI=1S/C15H19ClN2O/c1-10-6-13(7-14(16)17-10)15(19)18(8-11-2-3-11)9-12-4-5-12/h6-7,11-12H,2-5,8-9H2,1H3. The van der Waals surface area contributed by atoms with Gasteiger partial charge in [0.2, 0.25) is 0 Å². The summed E-state index contributed by atoms with van der Waals surface area (Å²) in [6, 6.07) is 3.52. The molecule has 2 aliphatic carbocycles. The predicted octanol–water partition coefficient (Wildman–Crippen LogP) is 3.31. The van der Waals surface area contributed by atoms with Gasteiger partial charge in [-0.1, -0.05) is 11.6 Å². The fourth-order valence-electron chi connectivity index (χ4n) is 2.40. The number of pyridine rings is 1. The first-order chi connectivity index (χ1) is 9.11. The van der Waals surface area contributed by atoms with Gasteiger partial charge in [-0.25, -0.2) is 4.98 Å². The Hall–Kier alpha value is -1.09. The molecule has 19 heavy (non-hydrogen) atoms. The highest BCUT2D eigenvalue weighted by Gasteiger charge is 2.32. The van der Waals surface area contributed by atoms with E-state index < -0.39 is 0 Å². The van der Waals surface area contributed by atoms with Crippen LogP contribution in [-0.4, -0.2) is 28.9 Å². The Morgan fingerprint density at radius 2 is 1.84 bits per heavy atom.